The standard InChI is InChI=1S/C13H25NO4/c1-4-17-8-6-14(7-9-18-5-2)11-12(3)10-13(15)16/h10H,4-9,11H2,1-3H3,(H,15,16). The number of carbonyl (C=O) groups is 1. The van der Waals surface area contributed by atoms with Crippen LogP contribution in [-0.2, 0) is 14.3 Å². The summed E-state index contributed by atoms with van der Waals surface area (Å²) in [6, 6.07) is 0. The van der Waals surface area contributed by atoms with Crippen molar-refractivity contribution in [2.24, 2.45) is 0 Å². The molecular formula is C13H25NO4. The molecule has 5 heteroatoms. The zero-order valence-electron chi connectivity index (χ0n) is 11.6. The Morgan fingerprint density at radius 3 is 2.06 bits per heavy atom. The summed E-state index contributed by atoms with van der Waals surface area (Å²) >= 11 is 0. The maximum absolute atomic E-state index is 10.6. The van der Waals surface area contributed by atoms with Gasteiger partial charge >= 0.3 is 5.97 Å². The number of ether oxygens (including phenoxy) is 2. The smallest absolute Gasteiger partial charge is 0.328 e. The summed E-state index contributed by atoms with van der Waals surface area (Å²) in [5, 5.41) is 8.68. The van der Waals surface area contributed by atoms with Crippen molar-refractivity contribution < 1.29 is 19.4 Å². The van der Waals surface area contributed by atoms with Crippen molar-refractivity contribution in [3.8, 4) is 0 Å². The second-order valence-electron chi connectivity index (χ2n) is 4.00. The quantitative estimate of drug-likeness (QED) is 0.449. The first kappa shape index (κ1) is 17.1. The van der Waals surface area contributed by atoms with Gasteiger partial charge in [0.2, 0.25) is 0 Å². The first-order valence-electron chi connectivity index (χ1n) is 6.38. The molecule has 0 amide bonds. The molecule has 0 unspecified atom stereocenters. The number of hydrogen-bond acceptors (Lipinski definition) is 4. The van der Waals surface area contributed by atoms with Gasteiger partial charge in [-0.05, 0) is 20.8 Å². The average molecular weight is 259 g/mol. The molecule has 0 spiro atoms. The van der Waals surface area contributed by atoms with E-state index >= 15 is 0 Å². The van der Waals surface area contributed by atoms with Crippen LogP contribution in [0.4, 0.5) is 0 Å². The minimum Gasteiger partial charge on any atom is -0.478 e. The SMILES string of the molecule is CCOCCN(CCOCC)CC(C)=CC(=O)O. The molecule has 0 heterocycles. The van der Waals surface area contributed by atoms with E-state index in [1.807, 2.05) is 20.8 Å². The molecule has 0 aliphatic heterocycles. The highest BCUT2D eigenvalue weighted by Crippen LogP contribution is 1.99. The summed E-state index contributed by atoms with van der Waals surface area (Å²) in [5.41, 5.74) is 0.829. The summed E-state index contributed by atoms with van der Waals surface area (Å²) in [7, 11) is 0. The van der Waals surface area contributed by atoms with Crippen LogP contribution in [0.2, 0.25) is 0 Å². The number of nitrogens with zero attached hydrogens (tertiary/aromatic N) is 1. The average Bonchev–Trinajstić information content (AvgIpc) is 2.28. The minimum atomic E-state index is -0.901. The summed E-state index contributed by atoms with van der Waals surface area (Å²) in [6.45, 7) is 10.6. The van der Waals surface area contributed by atoms with Crippen molar-refractivity contribution in [1.29, 1.82) is 0 Å². The zero-order chi connectivity index (χ0) is 13.8. The Hall–Kier alpha value is -0.910. The van der Waals surface area contributed by atoms with Crippen LogP contribution in [0.5, 0.6) is 0 Å². The van der Waals surface area contributed by atoms with Gasteiger partial charge in [0.05, 0.1) is 13.2 Å². The number of carboxylic acids is 1. The Morgan fingerprint density at radius 2 is 1.67 bits per heavy atom. The molecule has 0 aliphatic carbocycles. The lowest BCUT2D eigenvalue weighted by molar-refractivity contribution is -0.131. The van der Waals surface area contributed by atoms with Crippen LogP contribution in [0.1, 0.15) is 20.8 Å². The molecule has 0 rings (SSSR count). The third-order valence-corrected chi connectivity index (χ3v) is 2.35. The number of carboxylic acid groups (broad SMARTS) is 1. The van der Waals surface area contributed by atoms with Crippen molar-refractivity contribution in [1.82, 2.24) is 4.90 Å². The molecule has 0 aliphatic rings. The highest BCUT2D eigenvalue weighted by atomic mass is 16.5. The second kappa shape index (κ2) is 11.2. The van der Waals surface area contributed by atoms with Gasteiger partial charge in [-0.1, -0.05) is 5.57 Å². The van der Waals surface area contributed by atoms with E-state index in [4.69, 9.17) is 14.6 Å². The van der Waals surface area contributed by atoms with E-state index in [9.17, 15) is 4.79 Å². The predicted molar refractivity (Wildman–Crippen MR) is 70.8 cm³/mol. The first-order chi connectivity index (χ1) is 8.60. The Labute approximate surface area is 109 Å². The molecule has 0 aromatic heterocycles. The first-order valence-corrected chi connectivity index (χ1v) is 6.38. The number of hydrogen-bond donors (Lipinski definition) is 1. The van der Waals surface area contributed by atoms with Gasteiger partial charge in [-0.3, -0.25) is 4.90 Å². The van der Waals surface area contributed by atoms with Gasteiger partial charge < -0.3 is 14.6 Å². The second-order valence-corrected chi connectivity index (χ2v) is 4.00. The number of rotatable bonds is 11. The van der Waals surface area contributed by atoms with Crippen LogP contribution in [0.25, 0.3) is 0 Å². The fraction of sp³-hybridized carbons (Fsp3) is 0.769. The van der Waals surface area contributed by atoms with Crippen LogP contribution in [-0.4, -0.2) is 62.0 Å². The predicted octanol–water partition coefficient (Wildman–Crippen LogP) is 1.39. The van der Waals surface area contributed by atoms with Crippen LogP contribution in [0, 0.1) is 0 Å². The van der Waals surface area contributed by atoms with Crippen molar-refractivity contribution in [2.45, 2.75) is 20.8 Å². The van der Waals surface area contributed by atoms with Crippen LogP contribution < -0.4 is 0 Å². The molecule has 106 valence electrons. The topological polar surface area (TPSA) is 59.0 Å². The van der Waals surface area contributed by atoms with E-state index in [0.717, 1.165) is 18.7 Å². The molecule has 0 aromatic carbocycles. The molecule has 0 atom stereocenters. The molecule has 0 fully saturated rings. The van der Waals surface area contributed by atoms with E-state index < -0.39 is 5.97 Å². The van der Waals surface area contributed by atoms with Crippen LogP contribution in [0.15, 0.2) is 11.6 Å². The summed E-state index contributed by atoms with van der Waals surface area (Å²) in [4.78, 5) is 12.7. The monoisotopic (exact) mass is 259 g/mol. The third kappa shape index (κ3) is 10.3. The highest BCUT2D eigenvalue weighted by molar-refractivity contribution is 5.80. The van der Waals surface area contributed by atoms with Gasteiger partial charge in [-0.25, -0.2) is 4.79 Å². The van der Waals surface area contributed by atoms with E-state index in [0.29, 0.717) is 33.0 Å². The van der Waals surface area contributed by atoms with Gasteiger partial charge in [0.25, 0.3) is 0 Å². The van der Waals surface area contributed by atoms with Gasteiger partial charge in [0.15, 0.2) is 0 Å². The summed E-state index contributed by atoms with van der Waals surface area (Å²) in [6.07, 6.45) is 1.24. The van der Waals surface area contributed by atoms with E-state index in [1.54, 1.807) is 0 Å². The van der Waals surface area contributed by atoms with Gasteiger partial charge in [0, 0.05) is 38.9 Å². The van der Waals surface area contributed by atoms with Gasteiger partial charge in [-0.2, -0.15) is 0 Å². The Bertz CT molecular complexity index is 243. The Kier molecular flexibility index (Phi) is 10.6. The molecule has 0 radical (unpaired) electrons. The molecule has 5 nitrogen and oxygen atoms in total. The van der Waals surface area contributed by atoms with Gasteiger partial charge in [-0.15, -0.1) is 0 Å². The molecule has 0 aromatic rings. The van der Waals surface area contributed by atoms with E-state index in [1.165, 1.54) is 6.08 Å². The van der Waals surface area contributed by atoms with Crippen molar-refractivity contribution in [2.75, 3.05) is 46.1 Å². The lowest BCUT2D eigenvalue weighted by Crippen LogP contribution is -2.32. The number of aliphatic carboxylic acids is 1. The fourth-order valence-electron chi connectivity index (χ4n) is 1.56. The van der Waals surface area contributed by atoms with E-state index in [2.05, 4.69) is 4.90 Å². The Morgan fingerprint density at radius 1 is 1.17 bits per heavy atom. The minimum absolute atomic E-state index is 0.631. The maximum atomic E-state index is 10.6. The maximum Gasteiger partial charge on any atom is 0.328 e. The molecule has 0 saturated heterocycles. The fourth-order valence-corrected chi connectivity index (χ4v) is 1.56. The van der Waals surface area contributed by atoms with E-state index in [-0.39, 0.29) is 0 Å². The summed E-state index contributed by atoms with van der Waals surface area (Å²) in [5.74, 6) is -0.901. The summed E-state index contributed by atoms with van der Waals surface area (Å²) < 4.78 is 10.6. The lowest BCUT2D eigenvalue weighted by atomic mass is 10.2. The van der Waals surface area contributed by atoms with Gasteiger partial charge in [0.1, 0.15) is 0 Å². The molecule has 0 saturated carbocycles. The highest BCUT2D eigenvalue weighted by Gasteiger charge is 2.06. The molecule has 1 N–H and O–H groups in total. The van der Waals surface area contributed by atoms with Crippen LogP contribution in [0.3, 0.4) is 0 Å². The van der Waals surface area contributed by atoms with Crippen molar-refractivity contribution in [3.05, 3.63) is 11.6 Å². The largest absolute Gasteiger partial charge is 0.478 e. The van der Waals surface area contributed by atoms with Crippen LogP contribution >= 0.6 is 0 Å². The van der Waals surface area contributed by atoms with Crippen molar-refractivity contribution in [3.63, 3.8) is 0 Å². The normalized spacial score (nSPS) is 12.1. The van der Waals surface area contributed by atoms with Crippen molar-refractivity contribution >= 4 is 5.97 Å². The molecule has 0 bridgehead atoms. The molecular weight excluding hydrogens is 234 g/mol. The Balaban J connectivity index is 4.13. The third-order valence-electron chi connectivity index (χ3n) is 2.35. The molecule has 18 heavy (non-hydrogen) atoms. The lowest BCUT2D eigenvalue weighted by Gasteiger charge is -2.22. The zero-order valence-corrected chi connectivity index (χ0v) is 11.6.